The summed E-state index contributed by atoms with van der Waals surface area (Å²) in [4.78, 5) is 12.3. The minimum absolute atomic E-state index is 0.162. The van der Waals surface area contributed by atoms with E-state index in [-0.39, 0.29) is 17.6 Å². The van der Waals surface area contributed by atoms with Gasteiger partial charge in [0.1, 0.15) is 5.54 Å². The number of aryl methyl sites for hydroxylation is 2. The number of tetrazole rings is 1. The number of benzene rings is 1. The summed E-state index contributed by atoms with van der Waals surface area (Å²) in [5.41, 5.74) is 2.26. The molecule has 1 aliphatic rings. The van der Waals surface area contributed by atoms with E-state index in [0.29, 0.717) is 5.16 Å². The van der Waals surface area contributed by atoms with Gasteiger partial charge in [0, 0.05) is 0 Å². The molecule has 1 aromatic carbocycles. The van der Waals surface area contributed by atoms with E-state index in [1.54, 1.807) is 11.6 Å². The van der Waals surface area contributed by atoms with Crippen molar-refractivity contribution in [3.63, 3.8) is 0 Å². The molecule has 3 rings (SSSR count). The van der Waals surface area contributed by atoms with Crippen molar-refractivity contribution in [3.05, 3.63) is 29.3 Å². The SMILES string of the molecule is Cc1cccc(C)c1-n1nnnc1SCC(=O)N[C@](C)(C#N)C1CC1. The van der Waals surface area contributed by atoms with Crippen LogP contribution in [0.1, 0.15) is 30.9 Å². The van der Waals surface area contributed by atoms with Crippen LogP contribution in [0.25, 0.3) is 5.69 Å². The lowest BCUT2D eigenvalue weighted by Gasteiger charge is -2.22. The Kier molecular flexibility index (Phi) is 4.77. The Morgan fingerprint density at radius 3 is 2.72 bits per heavy atom. The third kappa shape index (κ3) is 3.66. The maximum absolute atomic E-state index is 12.3. The first-order valence-corrected chi connectivity index (χ1v) is 9.13. The second-order valence-corrected chi connectivity index (χ2v) is 7.48. The van der Waals surface area contributed by atoms with Crippen LogP contribution >= 0.6 is 11.8 Å². The fourth-order valence-electron chi connectivity index (χ4n) is 2.89. The molecule has 0 radical (unpaired) electrons. The van der Waals surface area contributed by atoms with Crippen LogP contribution in [0.3, 0.4) is 0 Å². The van der Waals surface area contributed by atoms with E-state index in [2.05, 4.69) is 26.9 Å². The summed E-state index contributed by atoms with van der Waals surface area (Å²) in [6.07, 6.45) is 1.98. The highest BCUT2D eigenvalue weighted by Crippen LogP contribution is 2.39. The van der Waals surface area contributed by atoms with Crippen molar-refractivity contribution in [3.8, 4) is 11.8 Å². The van der Waals surface area contributed by atoms with Crippen molar-refractivity contribution in [2.24, 2.45) is 5.92 Å². The van der Waals surface area contributed by atoms with Gasteiger partial charge in [-0.05, 0) is 61.1 Å². The van der Waals surface area contributed by atoms with Crippen LogP contribution in [0.5, 0.6) is 0 Å². The third-order valence-corrected chi connectivity index (χ3v) is 5.37. The molecule has 0 bridgehead atoms. The fraction of sp³-hybridized carbons (Fsp3) is 0.471. The van der Waals surface area contributed by atoms with Crippen LogP contribution in [-0.4, -0.2) is 37.4 Å². The van der Waals surface area contributed by atoms with Gasteiger partial charge in [0.05, 0.1) is 17.5 Å². The standard InChI is InChI=1S/C17H20N6OS/c1-11-5-4-6-12(2)15(11)23-16(20-21-22-23)25-9-14(24)19-17(3,10-18)13-7-8-13/h4-6,13H,7-9H2,1-3H3,(H,19,24)/t17-/m1/s1. The average molecular weight is 356 g/mol. The first-order valence-electron chi connectivity index (χ1n) is 8.14. The predicted molar refractivity (Wildman–Crippen MR) is 94.2 cm³/mol. The molecule has 1 N–H and O–H groups in total. The number of nitrogens with zero attached hydrogens (tertiary/aromatic N) is 5. The van der Waals surface area contributed by atoms with Crippen LogP contribution in [0.2, 0.25) is 0 Å². The highest BCUT2D eigenvalue weighted by atomic mass is 32.2. The molecule has 1 saturated carbocycles. The largest absolute Gasteiger partial charge is 0.337 e. The van der Waals surface area contributed by atoms with E-state index in [1.807, 2.05) is 32.0 Å². The van der Waals surface area contributed by atoms with E-state index in [9.17, 15) is 10.1 Å². The van der Waals surface area contributed by atoms with Crippen LogP contribution in [0.15, 0.2) is 23.4 Å². The molecule has 0 spiro atoms. The Balaban J connectivity index is 1.70. The number of rotatable bonds is 6. The van der Waals surface area contributed by atoms with E-state index in [4.69, 9.17) is 0 Å². The molecule has 25 heavy (non-hydrogen) atoms. The van der Waals surface area contributed by atoms with Gasteiger partial charge in [-0.3, -0.25) is 4.79 Å². The van der Waals surface area contributed by atoms with Crippen LogP contribution in [-0.2, 0) is 4.79 Å². The highest BCUT2D eigenvalue weighted by molar-refractivity contribution is 7.99. The quantitative estimate of drug-likeness (QED) is 0.797. The molecular formula is C17H20N6OS. The molecule has 0 unspecified atom stereocenters. The summed E-state index contributed by atoms with van der Waals surface area (Å²) in [5, 5.41) is 24.6. The van der Waals surface area contributed by atoms with Gasteiger partial charge in [-0.1, -0.05) is 30.0 Å². The van der Waals surface area contributed by atoms with Gasteiger partial charge in [-0.15, -0.1) is 5.10 Å². The van der Waals surface area contributed by atoms with E-state index >= 15 is 0 Å². The van der Waals surface area contributed by atoms with Crippen molar-refractivity contribution in [2.75, 3.05) is 5.75 Å². The second kappa shape index (κ2) is 6.84. The lowest BCUT2D eigenvalue weighted by atomic mass is 9.98. The van der Waals surface area contributed by atoms with Gasteiger partial charge in [-0.2, -0.15) is 9.94 Å². The van der Waals surface area contributed by atoms with Crippen molar-refractivity contribution >= 4 is 17.7 Å². The summed E-state index contributed by atoms with van der Waals surface area (Å²) in [6.45, 7) is 5.78. The van der Waals surface area contributed by atoms with Crippen LogP contribution < -0.4 is 5.32 Å². The molecule has 0 aliphatic heterocycles. The summed E-state index contributed by atoms with van der Waals surface area (Å²) < 4.78 is 1.66. The highest BCUT2D eigenvalue weighted by Gasteiger charge is 2.42. The molecule has 7 nitrogen and oxygen atoms in total. The minimum atomic E-state index is -0.782. The predicted octanol–water partition coefficient (Wildman–Crippen LogP) is 2.18. The van der Waals surface area contributed by atoms with Crippen molar-refractivity contribution < 1.29 is 4.79 Å². The first-order chi connectivity index (χ1) is 11.9. The Hall–Kier alpha value is -2.40. The van der Waals surface area contributed by atoms with Gasteiger partial charge < -0.3 is 5.32 Å². The lowest BCUT2D eigenvalue weighted by molar-refractivity contribution is -0.119. The summed E-state index contributed by atoms with van der Waals surface area (Å²) in [6, 6.07) is 8.21. The topological polar surface area (TPSA) is 96.5 Å². The number of nitrogens with one attached hydrogen (secondary N) is 1. The van der Waals surface area contributed by atoms with Crippen molar-refractivity contribution in [1.29, 1.82) is 5.26 Å². The molecule has 130 valence electrons. The molecule has 2 aromatic rings. The van der Waals surface area contributed by atoms with E-state index in [0.717, 1.165) is 29.7 Å². The zero-order valence-corrected chi connectivity index (χ0v) is 15.3. The van der Waals surface area contributed by atoms with Gasteiger partial charge in [-0.25, -0.2) is 0 Å². The summed E-state index contributed by atoms with van der Waals surface area (Å²) in [5.74, 6) is 0.235. The number of hydrogen-bond donors (Lipinski definition) is 1. The second-order valence-electron chi connectivity index (χ2n) is 6.54. The number of aromatic nitrogens is 4. The van der Waals surface area contributed by atoms with Gasteiger partial charge >= 0.3 is 0 Å². The Labute approximate surface area is 150 Å². The van der Waals surface area contributed by atoms with Crippen molar-refractivity contribution in [2.45, 2.75) is 44.3 Å². The van der Waals surface area contributed by atoms with Crippen molar-refractivity contribution in [1.82, 2.24) is 25.5 Å². The zero-order valence-electron chi connectivity index (χ0n) is 14.5. The number of thioether (sulfide) groups is 1. The minimum Gasteiger partial charge on any atom is -0.337 e. The zero-order chi connectivity index (χ0) is 18.0. The molecule has 1 fully saturated rings. The number of para-hydroxylation sites is 1. The molecule has 0 saturated heterocycles. The molecular weight excluding hydrogens is 336 g/mol. The molecule has 1 atom stereocenters. The average Bonchev–Trinajstić information content (AvgIpc) is 3.34. The smallest absolute Gasteiger partial charge is 0.231 e. The molecule has 8 heteroatoms. The van der Waals surface area contributed by atoms with Crippen LogP contribution in [0, 0.1) is 31.1 Å². The number of amides is 1. The first kappa shape index (κ1) is 17.4. The molecule has 1 aromatic heterocycles. The van der Waals surface area contributed by atoms with Gasteiger partial charge in [0.2, 0.25) is 11.1 Å². The Morgan fingerprint density at radius 2 is 2.12 bits per heavy atom. The molecule has 1 aliphatic carbocycles. The monoisotopic (exact) mass is 356 g/mol. The molecule has 1 heterocycles. The third-order valence-electron chi connectivity index (χ3n) is 4.45. The lowest BCUT2D eigenvalue weighted by Crippen LogP contribution is -2.47. The summed E-state index contributed by atoms with van der Waals surface area (Å²) >= 11 is 1.26. The summed E-state index contributed by atoms with van der Waals surface area (Å²) in [7, 11) is 0. The maximum atomic E-state index is 12.3. The van der Waals surface area contributed by atoms with Gasteiger partial charge in [0.15, 0.2) is 0 Å². The number of nitriles is 1. The molecule has 1 amide bonds. The fourth-order valence-corrected chi connectivity index (χ4v) is 3.56. The van der Waals surface area contributed by atoms with Crippen LogP contribution in [0.4, 0.5) is 0 Å². The normalized spacial score (nSPS) is 16.1. The Morgan fingerprint density at radius 1 is 1.44 bits per heavy atom. The maximum Gasteiger partial charge on any atom is 0.231 e. The van der Waals surface area contributed by atoms with E-state index < -0.39 is 5.54 Å². The number of carbonyl (C=O) groups excluding carboxylic acids is 1. The van der Waals surface area contributed by atoms with Gasteiger partial charge in [0.25, 0.3) is 0 Å². The number of carbonyl (C=O) groups is 1. The Bertz CT molecular complexity index is 818. The van der Waals surface area contributed by atoms with E-state index in [1.165, 1.54) is 11.8 Å². The number of hydrogen-bond acceptors (Lipinski definition) is 6.